The van der Waals surface area contributed by atoms with Gasteiger partial charge in [-0.05, 0) is 30.4 Å². The van der Waals surface area contributed by atoms with E-state index >= 15 is 0 Å². The van der Waals surface area contributed by atoms with Crippen molar-refractivity contribution in [3.63, 3.8) is 0 Å². The van der Waals surface area contributed by atoms with Gasteiger partial charge in [-0.15, -0.1) is 5.10 Å². The molecule has 1 saturated carbocycles. The van der Waals surface area contributed by atoms with Crippen LogP contribution in [-0.2, 0) is 6.54 Å². The minimum atomic E-state index is 0.540. The molecular formula is C15H16N4. The number of hydrogen-bond donors (Lipinski definition) is 1. The van der Waals surface area contributed by atoms with Crippen molar-refractivity contribution in [1.82, 2.24) is 20.0 Å². The van der Waals surface area contributed by atoms with Gasteiger partial charge in [-0.1, -0.05) is 23.4 Å². The van der Waals surface area contributed by atoms with E-state index in [1.54, 1.807) is 6.20 Å². The highest BCUT2D eigenvalue weighted by molar-refractivity contribution is 5.83. The molecule has 4 rings (SSSR count). The third kappa shape index (κ3) is 1.93. The summed E-state index contributed by atoms with van der Waals surface area (Å²) in [5.74, 6) is 1.33. The Balaban J connectivity index is 1.74. The first-order valence-electron chi connectivity index (χ1n) is 6.82. The Labute approximate surface area is 111 Å². The van der Waals surface area contributed by atoms with Crippen molar-refractivity contribution < 1.29 is 0 Å². The van der Waals surface area contributed by atoms with E-state index in [0.29, 0.717) is 5.92 Å². The number of fused-ring (bicyclic) bond motifs is 1. The van der Waals surface area contributed by atoms with Gasteiger partial charge in [0.25, 0.3) is 0 Å². The molecule has 1 atom stereocenters. The van der Waals surface area contributed by atoms with Crippen LogP contribution in [0.2, 0.25) is 0 Å². The fraction of sp³-hybridized carbons (Fsp3) is 0.333. The third-order valence-electron chi connectivity index (χ3n) is 4.07. The summed E-state index contributed by atoms with van der Waals surface area (Å²) in [4.78, 5) is 3.39. The molecule has 96 valence electrons. The number of benzene rings is 1. The molecule has 2 heterocycles. The predicted octanol–water partition coefficient (Wildman–Crippen LogP) is 2.95. The lowest BCUT2D eigenvalue weighted by atomic mass is 9.94. The van der Waals surface area contributed by atoms with Gasteiger partial charge >= 0.3 is 0 Å². The molecule has 19 heavy (non-hydrogen) atoms. The molecule has 0 saturated heterocycles. The van der Waals surface area contributed by atoms with Crippen LogP contribution in [0.5, 0.6) is 0 Å². The molecule has 3 aromatic rings. The van der Waals surface area contributed by atoms with E-state index in [0.717, 1.165) is 12.5 Å². The molecule has 1 aromatic carbocycles. The molecule has 0 aliphatic heterocycles. The number of aromatic nitrogens is 4. The molecule has 1 aliphatic rings. The zero-order valence-electron chi connectivity index (χ0n) is 10.7. The maximum atomic E-state index is 4.11. The molecule has 4 heteroatoms. The summed E-state index contributed by atoms with van der Waals surface area (Å²) in [6, 6.07) is 8.53. The molecule has 1 aliphatic carbocycles. The summed E-state index contributed by atoms with van der Waals surface area (Å²) < 4.78 is 1.95. The molecule has 0 radical (unpaired) electrons. The second-order valence-corrected chi connectivity index (χ2v) is 5.36. The molecule has 1 fully saturated rings. The van der Waals surface area contributed by atoms with Crippen LogP contribution in [0.25, 0.3) is 10.9 Å². The van der Waals surface area contributed by atoms with E-state index in [1.165, 1.54) is 29.3 Å². The normalized spacial score (nSPS) is 16.8. The Bertz CT molecular complexity index is 679. The smallest absolute Gasteiger partial charge is 0.0692 e. The second-order valence-electron chi connectivity index (χ2n) is 5.36. The fourth-order valence-electron chi connectivity index (χ4n) is 2.93. The molecule has 1 unspecified atom stereocenters. The standard InChI is InChI=1S/C15H16N4/c1-2-4-15-12(3-1)13(9-16-15)14(11-5-6-11)10-19-8-7-17-18-19/h1-4,7-9,11,14,16H,5-6,10H2. The summed E-state index contributed by atoms with van der Waals surface area (Å²) in [7, 11) is 0. The van der Waals surface area contributed by atoms with Crippen LogP contribution < -0.4 is 0 Å². The Kier molecular flexibility index (Phi) is 2.40. The minimum absolute atomic E-state index is 0.540. The van der Waals surface area contributed by atoms with E-state index < -0.39 is 0 Å². The lowest BCUT2D eigenvalue weighted by Crippen LogP contribution is -2.11. The van der Waals surface area contributed by atoms with Crippen molar-refractivity contribution in [1.29, 1.82) is 0 Å². The van der Waals surface area contributed by atoms with Gasteiger partial charge in [0.05, 0.1) is 6.20 Å². The van der Waals surface area contributed by atoms with E-state index in [-0.39, 0.29) is 0 Å². The van der Waals surface area contributed by atoms with Crippen LogP contribution >= 0.6 is 0 Å². The topological polar surface area (TPSA) is 46.5 Å². The van der Waals surface area contributed by atoms with Crippen molar-refractivity contribution in [3.05, 3.63) is 48.4 Å². The lowest BCUT2D eigenvalue weighted by Gasteiger charge is -2.15. The van der Waals surface area contributed by atoms with Gasteiger partial charge < -0.3 is 4.98 Å². The minimum Gasteiger partial charge on any atom is -0.361 e. The Morgan fingerprint density at radius 1 is 1.32 bits per heavy atom. The van der Waals surface area contributed by atoms with Gasteiger partial charge in [0, 0.05) is 35.8 Å². The van der Waals surface area contributed by atoms with E-state index in [9.17, 15) is 0 Å². The maximum absolute atomic E-state index is 4.11. The monoisotopic (exact) mass is 252 g/mol. The zero-order valence-corrected chi connectivity index (χ0v) is 10.7. The first kappa shape index (κ1) is 10.8. The number of nitrogens with one attached hydrogen (secondary N) is 1. The van der Waals surface area contributed by atoms with Crippen LogP contribution in [0.3, 0.4) is 0 Å². The molecular weight excluding hydrogens is 236 g/mol. The maximum Gasteiger partial charge on any atom is 0.0692 e. The molecule has 2 aromatic heterocycles. The number of nitrogens with zero attached hydrogens (tertiary/aromatic N) is 3. The number of hydrogen-bond acceptors (Lipinski definition) is 2. The third-order valence-corrected chi connectivity index (χ3v) is 4.07. The van der Waals surface area contributed by atoms with Gasteiger partial charge in [-0.2, -0.15) is 0 Å². The van der Waals surface area contributed by atoms with Gasteiger partial charge in [-0.25, -0.2) is 0 Å². The molecule has 1 N–H and O–H groups in total. The van der Waals surface area contributed by atoms with Crippen molar-refractivity contribution in [3.8, 4) is 0 Å². The van der Waals surface area contributed by atoms with Crippen molar-refractivity contribution in [2.75, 3.05) is 0 Å². The molecule has 0 bridgehead atoms. The largest absolute Gasteiger partial charge is 0.361 e. The fourth-order valence-corrected chi connectivity index (χ4v) is 2.93. The van der Waals surface area contributed by atoms with Gasteiger partial charge in [0.1, 0.15) is 0 Å². The molecule has 0 spiro atoms. The SMILES string of the molecule is c1ccc2c(C(Cn3ccnn3)C3CC3)c[nH]c2c1. The molecule has 0 amide bonds. The zero-order chi connectivity index (χ0) is 12.7. The summed E-state index contributed by atoms with van der Waals surface area (Å²) in [6.07, 6.45) is 8.53. The van der Waals surface area contributed by atoms with Crippen LogP contribution in [0.4, 0.5) is 0 Å². The van der Waals surface area contributed by atoms with E-state index in [2.05, 4.69) is 45.8 Å². The summed E-state index contributed by atoms with van der Waals surface area (Å²) in [5, 5.41) is 9.36. The van der Waals surface area contributed by atoms with Gasteiger partial charge in [0.2, 0.25) is 0 Å². The first-order valence-corrected chi connectivity index (χ1v) is 6.82. The van der Waals surface area contributed by atoms with Crippen molar-refractivity contribution in [2.45, 2.75) is 25.3 Å². The van der Waals surface area contributed by atoms with Crippen LogP contribution in [0.15, 0.2) is 42.9 Å². The number of H-pyrrole nitrogens is 1. The van der Waals surface area contributed by atoms with Crippen molar-refractivity contribution >= 4 is 10.9 Å². The average Bonchev–Trinajstić information content (AvgIpc) is 2.99. The first-order chi connectivity index (χ1) is 9.42. The Hall–Kier alpha value is -2.10. The van der Waals surface area contributed by atoms with Gasteiger partial charge in [-0.3, -0.25) is 4.68 Å². The van der Waals surface area contributed by atoms with Gasteiger partial charge in [0.15, 0.2) is 0 Å². The van der Waals surface area contributed by atoms with E-state index in [4.69, 9.17) is 0 Å². The highest BCUT2D eigenvalue weighted by Gasteiger charge is 2.34. The number of aromatic amines is 1. The highest BCUT2D eigenvalue weighted by Crippen LogP contribution is 2.45. The van der Waals surface area contributed by atoms with Crippen molar-refractivity contribution in [2.24, 2.45) is 5.92 Å². The number of rotatable bonds is 4. The quantitative estimate of drug-likeness (QED) is 0.776. The summed E-state index contributed by atoms with van der Waals surface area (Å²) in [5.41, 5.74) is 2.65. The highest BCUT2D eigenvalue weighted by atomic mass is 15.4. The Morgan fingerprint density at radius 3 is 3.00 bits per heavy atom. The summed E-state index contributed by atoms with van der Waals surface area (Å²) >= 11 is 0. The second kappa shape index (κ2) is 4.23. The Morgan fingerprint density at radius 2 is 2.21 bits per heavy atom. The predicted molar refractivity (Wildman–Crippen MR) is 73.8 cm³/mol. The number of para-hydroxylation sites is 1. The van der Waals surface area contributed by atoms with Crippen LogP contribution in [-0.4, -0.2) is 20.0 Å². The van der Waals surface area contributed by atoms with E-state index in [1.807, 2.05) is 10.9 Å². The summed E-state index contributed by atoms with van der Waals surface area (Å²) in [6.45, 7) is 0.923. The van der Waals surface area contributed by atoms with Crippen LogP contribution in [0.1, 0.15) is 24.3 Å². The average molecular weight is 252 g/mol. The van der Waals surface area contributed by atoms with Crippen LogP contribution in [0, 0.1) is 5.92 Å². The molecule has 4 nitrogen and oxygen atoms in total. The lowest BCUT2D eigenvalue weighted by molar-refractivity contribution is 0.467.